The minimum Gasteiger partial charge on any atom is -0.466 e. The fourth-order valence-corrected chi connectivity index (χ4v) is 10.1. The lowest BCUT2D eigenvalue weighted by Crippen LogP contribution is -2.45. The van der Waals surface area contributed by atoms with Gasteiger partial charge in [-0.3, -0.25) is 9.59 Å². The molecule has 73 heavy (non-hydrogen) atoms. The molecule has 1 amide bonds. The van der Waals surface area contributed by atoms with E-state index in [1.807, 2.05) is 6.08 Å². The number of ether oxygens (including phenoxy) is 1. The lowest BCUT2D eigenvalue weighted by atomic mass is 10.0. The molecule has 0 saturated carbocycles. The highest BCUT2D eigenvalue weighted by Gasteiger charge is 2.18. The van der Waals surface area contributed by atoms with Crippen LogP contribution < -0.4 is 5.32 Å². The maximum Gasteiger partial charge on any atom is 0.305 e. The van der Waals surface area contributed by atoms with Gasteiger partial charge in [-0.15, -0.1) is 0 Å². The Morgan fingerprint density at radius 2 is 0.644 bits per heavy atom. The van der Waals surface area contributed by atoms with E-state index in [0.717, 1.165) is 44.9 Å². The van der Waals surface area contributed by atoms with Gasteiger partial charge in [-0.2, -0.15) is 0 Å². The predicted molar refractivity (Wildman–Crippen MR) is 319 cm³/mol. The molecule has 2 unspecified atom stereocenters. The summed E-state index contributed by atoms with van der Waals surface area (Å²) < 4.78 is 5.48. The SMILES string of the molecule is CCCCCC/C=C\CCCCCCCC(=O)OCCCCCCCCCCCCCC/C=C\CCCCCCCCCCCCCCCCCCCC(=O)NC(CO)C(O)/C=C/CCCCCCCCCC. The molecule has 0 aromatic heterocycles. The molecule has 6 nitrogen and oxygen atoms in total. The van der Waals surface area contributed by atoms with Crippen LogP contribution in [0.4, 0.5) is 0 Å². The van der Waals surface area contributed by atoms with E-state index in [1.165, 1.54) is 283 Å². The zero-order valence-electron chi connectivity index (χ0n) is 49.1. The van der Waals surface area contributed by atoms with E-state index in [-0.39, 0.29) is 18.5 Å². The van der Waals surface area contributed by atoms with Gasteiger partial charge in [0, 0.05) is 12.8 Å². The van der Waals surface area contributed by atoms with Crippen molar-refractivity contribution in [1.82, 2.24) is 5.32 Å². The zero-order chi connectivity index (χ0) is 52.9. The number of carbonyl (C=O) groups is 2. The molecule has 0 aromatic rings. The van der Waals surface area contributed by atoms with E-state index in [1.54, 1.807) is 6.08 Å². The van der Waals surface area contributed by atoms with Gasteiger partial charge in [0.15, 0.2) is 0 Å². The number of carbonyl (C=O) groups excluding carboxylic acids is 2. The average molecular weight is 1030 g/mol. The first kappa shape index (κ1) is 71.1. The molecule has 0 saturated heterocycles. The number of hydrogen-bond donors (Lipinski definition) is 3. The van der Waals surface area contributed by atoms with E-state index in [0.29, 0.717) is 19.4 Å². The summed E-state index contributed by atoms with van der Waals surface area (Å²) in [7, 11) is 0. The van der Waals surface area contributed by atoms with Crippen LogP contribution in [0.3, 0.4) is 0 Å². The van der Waals surface area contributed by atoms with Crippen LogP contribution in [0.2, 0.25) is 0 Å². The highest BCUT2D eigenvalue weighted by molar-refractivity contribution is 5.76. The summed E-state index contributed by atoms with van der Waals surface area (Å²) >= 11 is 0. The molecule has 0 aromatic carbocycles. The van der Waals surface area contributed by atoms with Gasteiger partial charge in [0.05, 0.1) is 25.4 Å². The van der Waals surface area contributed by atoms with E-state index in [4.69, 9.17) is 4.74 Å². The van der Waals surface area contributed by atoms with Crippen LogP contribution in [0.5, 0.6) is 0 Å². The second kappa shape index (κ2) is 62.6. The monoisotopic (exact) mass is 1030 g/mol. The summed E-state index contributed by atoms with van der Waals surface area (Å²) in [4.78, 5) is 24.4. The van der Waals surface area contributed by atoms with Crippen LogP contribution >= 0.6 is 0 Å². The minimum atomic E-state index is -0.840. The lowest BCUT2D eigenvalue weighted by molar-refractivity contribution is -0.143. The Morgan fingerprint density at radius 1 is 0.370 bits per heavy atom. The highest BCUT2D eigenvalue weighted by atomic mass is 16.5. The van der Waals surface area contributed by atoms with Crippen LogP contribution in [0.1, 0.15) is 354 Å². The molecule has 430 valence electrons. The highest BCUT2D eigenvalue weighted by Crippen LogP contribution is 2.17. The quantitative estimate of drug-likeness (QED) is 0.0320. The van der Waals surface area contributed by atoms with Gasteiger partial charge in [0.1, 0.15) is 0 Å². The van der Waals surface area contributed by atoms with Crippen molar-refractivity contribution in [2.75, 3.05) is 13.2 Å². The number of unbranched alkanes of at least 4 members (excludes halogenated alkanes) is 46. The van der Waals surface area contributed by atoms with Gasteiger partial charge in [0.25, 0.3) is 0 Å². The van der Waals surface area contributed by atoms with Crippen LogP contribution in [-0.2, 0) is 14.3 Å². The Hall–Kier alpha value is -1.92. The minimum absolute atomic E-state index is 0.00908. The maximum atomic E-state index is 12.4. The normalized spacial score (nSPS) is 12.8. The summed E-state index contributed by atoms with van der Waals surface area (Å²) in [6.45, 7) is 4.88. The number of nitrogens with one attached hydrogen (secondary N) is 1. The van der Waals surface area contributed by atoms with E-state index in [9.17, 15) is 19.8 Å². The van der Waals surface area contributed by atoms with Crippen molar-refractivity contribution in [3.8, 4) is 0 Å². The first-order chi connectivity index (χ1) is 36.0. The molecule has 0 heterocycles. The van der Waals surface area contributed by atoms with Crippen LogP contribution in [0, 0.1) is 0 Å². The molecule has 0 aliphatic carbocycles. The number of aliphatic hydroxyl groups is 2. The predicted octanol–water partition coefficient (Wildman–Crippen LogP) is 20.8. The Bertz CT molecular complexity index is 1180. The molecular formula is C67H127NO5. The van der Waals surface area contributed by atoms with Crippen LogP contribution in [-0.4, -0.2) is 47.4 Å². The van der Waals surface area contributed by atoms with Gasteiger partial charge in [0.2, 0.25) is 5.91 Å². The Morgan fingerprint density at radius 3 is 0.986 bits per heavy atom. The van der Waals surface area contributed by atoms with Gasteiger partial charge in [-0.1, -0.05) is 294 Å². The Kier molecular flexibility index (Phi) is 61.0. The fraction of sp³-hybridized carbons (Fsp3) is 0.881. The van der Waals surface area contributed by atoms with Crippen molar-refractivity contribution in [1.29, 1.82) is 0 Å². The third-order valence-corrected chi connectivity index (χ3v) is 15.1. The standard InChI is InChI=1S/C67H127NO5/c1-3-5-7-9-11-13-15-37-41-45-49-53-57-61-67(72)73-62-58-54-50-46-42-39-36-34-32-30-28-26-24-22-20-18-16-17-19-21-23-25-27-29-31-33-35-38-40-44-48-52-56-60-66(71)68-64(63-69)65(70)59-55-51-47-43-14-12-10-8-6-4-2/h13,15,20,22,55,59,64-65,69-70H,3-12,14,16-19,21,23-54,56-58,60-63H2,1-2H3,(H,68,71)/b15-13-,22-20-,59-55+. The third-order valence-electron chi connectivity index (χ3n) is 15.1. The summed E-state index contributed by atoms with van der Waals surface area (Å²) in [6, 6.07) is -0.623. The van der Waals surface area contributed by atoms with Crippen LogP contribution in [0.25, 0.3) is 0 Å². The van der Waals surface area contributed by atoms with Crippen molar-refractivity contribution in [3.05, 3.63) is 36.5 Å². The average Bonchev–Trinajstić information content (AvgIpc) is 3.39. The van der Waals surface area contributed by atoms with Gasteiger partial charge < -0.3 is 20.3 Å². The number of amides is 1. The van der Waals surface area contributed by atoms with E-state index in [2.05, 4.69) is 43.5 Å². The molecule has 0 fully saturated rings. The van der Waals surface area contributed by atoms with Gasteiger partial charge in [-0.05, 0) is 83.5 Å². The lowest BCUT2D eigenvalue weighted by Gasteiger charge is -2.20. The van der Waals surface area contributed by atoms with Crippen molar-refractivity contribution < 1.29 is 24.5 Å². The molecule has 0 aliphatic heterocycles. The van der Waals surface area contributed by atoms with E-state index >= 15 is 0 Å². The summed E-state index contributed by atoms with van der Waals surface area (Å²) in [5, 5.41) is 23.0. The maximum absolute atomic E-state index is 12.4. The number of esters is 1. The molecule has 3 N–H and O–H groups in total. The molecule has 0 aliphatic rings. The molecule has 0 radical (unpaired) electrons. The number of rotatable bonds is 61. The van der Waals surface area contributed by atoms with Crippen LogP contribution in [0.15, 0.2) is 36.5 Å². The first-order valence-corrected chi connectivity index (χ1v) is 32.8. The number of aliphatic hydroxyl groups excluding tert-OH is 2. The van der Waals surface area contributed by atoms with Crippen molar-refractivity contribution >= 4 is 11.9 Å². The molecule has 0 spiro atoms. The Labute approximate surface area is 455 Å². The molecule has 0 bridgehead atoms. The van der Waals surface area contributed by atoms with Gasteiger partial charge in [-0.25, -0.2) is 0 Å². The van der Waals surface area contributed by atoms with Crippen molar-refractivity contribution in [3.63, 3.8) is 0 Å². The molecule has 0 rings (SSSR count). The molecule has 6 heteroatoms. The van der Waals surface area contributed by atoms with Crippen molar-refractivity contribution in [2.24, 2.45) is 0 Å². The molecular weight excluding hydrogens is 899 g/mol. The second-order valence-corrected chi connectivity index (χ2v) is 22.4. The first-order valence-electron chi connectivity index (χ1n) is 32.8. The largest absolute Gasteiger partial charge is 0.466 e. The zero-order valence-corrected chi connectivity index (χ0v) is 49.1. The summed E-state index contributed by atoms with van der Waals surface area (Å²) in [6.07, 6.45) is 79.4. The van der Waals surface area contributed by atoms with E-state index < -0.39 is 12.1 Å². The Balaban J connectivity index is 3.34. The number of allylic oxidation sites excluding steroid dienone is 5. The third kappa shape index (κ3) is 59.2. The second-order valence-electron chi connectivity index (χ2n) is 22.4. The smallest absolute Gasteiger partial charge is 0.305 e. The fourth-order valence-electron chi connectivity index (χ4n) is 10.1. The number of hydrogen-bond acceptors (Lipinski definition) is 5. The van der Waals surface area contributed by atoms with Crippen molar-refractivity contribution in [2.45, 2.75) is 366 Å². The van der Waals surface area contributed by atoms with Gasteiger partial charge >= 0.3 is 5.97 Å². The summed E-state index contributed by atoms with van der Waals surface area (Å²) in [5.41, 5.74) is 0. The topological polar surface area (TPSA) is 95.9 Å². The molecule has 2 atom stereocenters. The summed E-state index contributed by atoms with van der Waals surface area (Å²) in [5.74, 6) is -0.0569.